The molecule has 1 aromatic rings. The normalized spacial score (nSPS) is 13.8. The average Bonchev–Trinajstić information content (AvgIpc) is 2.27. The van der Waals surface area contributed by atoms with Gasteiger partial charge < -0.3 is 10.4 Å². The van der Waals surface area contributed by atoms with E-state index in [-0.39, 0.29) is 5.91 Å². The monoisotopic (exact) mass is 377 g/mol. The number of hydrogen-bond acceptors (Lipinski definition) is 2. The van der Waals surface area contributed by atoms with Crippen molar-refractivity contribution < 1.29 is 14.7 Å². The highest BCUT2D eigenvalue weighted by molar-refractivity contribution is 9.11. The minimum Gasteiger partial charge on any atom is -0.481 e. The summed E-state index contributed by atoms with van der Waals surface area (Å²) < 4.78 is 1.52. The van der Waals surface area contributed by atoms with E-state index in [9.17, 15) is 9.59 Å². The Morgan fingerprint density at radius 2 is 1.89 bits per heavy atom. The van der Waals surface area contributed by atoms with Gasteiger partial charge in [0.15, 0.2) is 0 Å². The molecule has 0 aliphatic rings. The van der Waals surface area contributed by atoms with Crippen molar-refractivity contribution in [3.63, 3.8) is 0 Å². The van der Waals surface area contributed by atoms with Crippen LogP contribution < -0.4 is 5.32 Å². The lowest BCUT2D eigenvalue weighted by Crippen LogP contribution is -2.40. The maximum absolute atomic E-state index is 12.0. The molecule has 6 heteroatoms. The number of amides is 1. The highest BCUT2D eigenvalue weighted by atomic mass is 79.9. The van der Waals surface area contributed by atoms with Crippen molar-refractivity contribution in [1.82, 2.24) is 5.32 Å². The predicted molar refractivity (Wildman–Crippen MR) is 75.6 cm³/mol. The fourth-order valence-electron chi connectivity index (χ4n) is 1.30. The third kappa shape index (κ3) is 3.81. The minimum atomic E-state index is -0.933. The molecule has 2 unspecified atom stereocenters. The molecule has 2 atom stereocenters. The van der Waals surface area contributed by atoms with Crippen LogP contribution in [0, 0.1) is 5.92 Å². The Morgan fingerprint density at radius 3 is 2.39 bits per heavy atom. The summed E-state index contributed by atoms with van der Waals surface area (Å²) >= 11 is 6.60. The van der Waals surface area contributed by atoms with Gasteiger partial charge in [-0.3, -0.25) is 9.59 Å². The number of carboxylic acids is 1. The number of rotatable bonds is 4. The minimum absolute atomic E-state index is 0.296. The molecule has 2 N–H and O–H groups in total. The number of carbonyl (C=O) groups is 2. The first-order chi connectivity index (χ1) is 8.32. The second-order valence-electron chi connectivity index (χ2n) is 4.01. The van der Waals surface area contributed by atoms with Crippen LogP contribution in [0.5, 0.6) is 0 Å². The van der Waals surface area contributed by atoms with Crippen LogP contribution in [0.4, 0.5) is 0 Å². The van der Waals surface area contributed by atoms with Crippen molar-refractivity contribution >= 4 is 43.7 Å². The highest BCUT2D eigenvalue weighted by Gasteiger charge is 2.22. The molecule has 0 spiro atoms. The molecule has 0 aliphatic carbocycles. The molecule has 0 saturated carbocycles. The lowest BCUT2D eigenvalue weighted by molar-refractivity contribution is -0.141. The number of carboxylic acid groups (broad SMARTS) is 1. The van der Waals surface area contributed by atoms with Gasteiger partial charge in [0.05, 0.1) is 11.5 Å². The smallest absolute Gasteiger partial charge is 0.308 e. The summed E-state index contributed by atoms with van der Waals surface area (Å²) in [6, 6.07) is 4.75. The number of aliphatic carboxylic acids is 1. The third-order valence-electron chi connectivity index (χ3n) is 2.67. The molecule has 1 rings (SSSR count). The Balaban J connectivity index is 2.79. The van der Waals surface area contributed by atoms with E-state index in [0.29, 0.717) is 10.0 Å². The fraction of sp³-hybridized carbons (Fsp3) is 0.333. The first kappa shape index (κ1) is 15.2. The number of carbonyl (C=O) groups excluding carboxylic acids is 1. The molecule has 0 radical (unpaired) electrons. The third-order valence-corrected chi connectivity index (χ3v) is 3.82. The molecule has 0 heterocycles. The predicted octanol–water partition coefficient (Wildman–Crippen LogP) is 3.05. The summed E-state index contributed by atoms with van der Waals surface area (Å²) in [5, 5.41) is 11.5. The molecular weight excluding hydrogens is 366 g/mol. The second-order valence-corrected chi connectivity index (χ2v) is 5.78. The molecule has 1 aromatic carbocycles. The Bertz CT molecular complexity index is 476. The van der Waals surface area contributed by atoms with E-state index < -0.39 is 17.9 Å². The van der Waals surface area contributed by atoms with E-state index in [4.69, 9.17) is 5.11 Å². The zero-order valence-electron chi connectivity index (χ0n) is 9.91. The van der Waals surface area contributed by atoms with E-state index in [1.54, 1.807) is 32.0 Å². The molecule has 4 nitrogen and oxygen atoms in total. The largest absolute Gasteiger partial charge is 0.481 e. The molecule has 0 saturated heterocycles. The van der Waals surface area contributed by atoms with Crippen molar-refractivity contribution in [2.24, 2.45) is 5.92 Å². The maximum atomic E-state index is 12.0. The van der Waals surface area contributed by atoms with Crippen LogP contribution in [-0.2, 0) is 4.79 Å². The molecule has 18 heavy (non-hydrogen) atoms. The maximum Gasteiger partial charge on any atom is 0.308 e. The molecule has 0 aromatic heterocycles. The highest BCUT2D eigenvalue weighted by Crippen LogP contribution is 2.22. The van der Waals surface area contributed by atoms with E-state index >= 15 is 0 Å². The van der Waals surface area contributed by atoms with Crippen LogP contribution in [0.1, 0.15) is 24.2 Å². The summed E-state index contributed by atoms with van der Waals surface area (Å²) in [6.07, 6.45) is 0. The van der Waals surface area contributed by atoms with E-state index in [1.807, 2.05) is 0 Å². The van der Waals surface area contributed by atoms with Gasteiger partial charge in [-0.05, 0) is 48.0 Å². The van der Waals surface area contributed by atoms with E-state index in [2.05, 4.69) is 37.2 Å². The van der Waals surface area contributed by atoms with Crippen molar-refractivity contribution in [2.45, 2.75) is 19.9 Å². The summed E-state index contributed by atoms with van der Waals surface area (Å²) in [7, 11) is 0. The number of benzene rings is 1. The summed E-state index contributed by atoms with van der Waals surface area (Å²) in [5.41, 5.74) is 0.475. The Morgan fingerprint density at radius 1 is 1.28 bits per heavy atom. The van der Waals surface area contributed by atoms with Crippen molar-refractivity contribution in [2.75, 3.05) is 0 Å². The number of halogens is 2. The molecule has 0 fully saturated rings. The summed E-state index contributed by atoms with van der Waals surface area (Å²) in [4.78, 5) is 22.8. The van der Waals surface area contributed by atoms with Gasteiger partial charge in [0, 0.05) is 15.0 Å². The number of hydrogen-bond donors (Lipinski definition) is 2. The van der Waals surface area contributed by atoms with E-state index in [1.165, 1.54) is 0 Å². The second kappa shape index (κ2) is 6.33. The van der Waals surface area contributed by atoms with Crippen LogP contribution in [0.2, 0.25) is 0 Å². The summed E-state index contributed by atoms with van der Waals surface area (Å²) in [5.74, 6) is -1.86. The van der Waals surface area contributed by atoms with Crippen LogP contribution in [0.25, 0.3) is 0 Å². The lowest BCUT2D eigenvalue weighted by atomic mass is 10.0. The van der Waals surface area contributed by atoms with Gasteiger partial charge in [0.2, 0.25) is 0 Å². The van der Waals surface area contributed by atoms with Gasteiger partial charge in [-0.1, -0.05) is 15.9 Å². The van der Waals surface area contributed by atoms with E-state index in [0.717, 1.165) is 4.47 Å². The van der Waals surface area contributed by atoms with Crippen molar-refractivity contribution in [3.05, 3.63) is 32.7 Å². The average molecular weight is 379 g/mol. The standard InChI is InChI=1S/C12H13Br2NO3/c1-6(12(17)18)7(2)15-11(16)9-4-3-8(13)5-10(9)14/h3-7H,1-2H3,(H,15,16)(H,17,18). The first-order valence-electron chi connectivity index (χ1n) is 5.31. The number of nitrogens with one attached hydrogen (secondary N) is 1. The van der Waals surface area contributed by atoms with Crippen molar-refractivity contribution in [1.29, 1.82) is 0 Å². The van der Waals surface area contributed by atoms with Crippen LogP contribution in [-0.4, -0.2) is 23.0 Å². The first-order valence-corrected chi connectivity index (χ1v) is 6.90. The molecule has 0 bridgehead atoms. The molecule has 1 amide bonds. The van der Waals surface area contributed by atoms with Crippen LogP contribution in [0.15, 0.2) is 27.1 Å². The lowest BCUT2D eigenvalue weighted by Gasteiger charge is -2.18. The van der Waals surface area contributed by atoms with Crippen molar-refractivity contribution in [3.8, 4) is 0 Å². The topological polar surface area (TPSA) is 66.4 Å². The van der Waals surface area contributed by atoms with Crippen LogP contribution >= 0.6 is 31.9 Å². The van der Waals surface area contributed by atoms with Gasteiger partial charge in [0.25, 0.3) is 5.91 Å². The quantitative estimate of drug-likeness (QED) is 0.846. The van der Waals surface area contributed by atoms with Gasteiger partial charge >= 0.3 is 5.97 Å². The fourth-order valence-corrected chi connectivity index (χ4v) is 2.52. The Hall–Kier alpha value is -0.880. The van der Waals surface area contributed by atoms with Crippen LogP contribution in [0.3, 0.4) is 0 Å². The summed E-state index contributed by atoms with van der Waals surface area (Å²) in [6.45, 7) is 3.23. The Labute approximate surface area is 122 Å². The van der Waals surface area contributed by atoms with Gasteiger partial charge in [-0.2, -0.15) is 0 Å². The van der Waals surface area contributed by atoms with Gasteiger partial charge in [-0.25, -0.2) is 0 Å². The molecule has 0 aliphatic heterocycles. The SMILES string of the molecule is CC(NC(=O)c1ccc(Br)cc1Br)C(C)C(=O)O. The zero-order valence-corrected chi connectivity index (χ0v) is 13.1. The Kier molecular flexibility index (Phi) is 5.34. The van der Waals surface area contributed by atoms with Gasteiger partial charge in [-0.15, -0.1) is 0 Å². The molecular formula is C12H13Br2NO3. The zero-order chi connectivity index (χ0) is 13.9. The van der Waals surface area contributed by atoms with Gasteiger partial charge in [0.1, 0.15) is 0 Å². The molecule has 98 valence electrons.